The number of hydrogen-bond donors (Lipinski definition) is 1. The molecule has 0 atom stereocenters. The molecule has 0 spiro atoms. The second-order valence-electron chi connectivity index (χ2n) is 5.80. The average molecular weight is 405 g/mol. The van der Waals surface area contributed by atoms with Crippen LogP contribution in [0.1, 0.15) is 97.8 Å². The summed E-state index contributed by atoms with van der Waals surface area (Å²) in [6.45, 7) is 5.68. The molecule has 0 amide bonds. The molecule has 0 bridgehead atoms. The van der Waals surface area contributed by atoms with Crippen LogP contribution in [0.25, 0.3) is 0 Å². The molecule has 0 rings (SSSR count). The molecule has 0 fully saturated rings. The van der Waals surface area contributed by atoms with E-state index in [4.69, 9.17) is 9.90 Å². The number of carboxylic acid groups (broad SMARTS) is 1. The molecule has 0 aliphatic heterocycles. The van der Waals surface area contributed by atoms with Crippen LogP contribution in [0.2, 0.25) is 8.87 Å². The summed E-state index contributed by atoms with van der Waals surface area (Å²) in [5, 5.41) is 7.42. The molecule has 1 N–H and O–H groups in total. The fourth-order valence-electron chi connectivity index (χ4n) is 2.19. The van der Waals surface area contributed by atoms with Crippen LogP contribution in [0, 0.1) is 0 Å². The van der Waals surface area contributed by atoms with Gasteiger partial charge in [-0.05, 0) is 0 Å². The van der Waals surface area contributed by atoms with Crippen molar-refractivity contribution in [2.24, 2.45) is 0 Å². The molecule has 21 heavy (non-hydrogen) atoms. The van der Waals surface area contributed by atoms with Crippen LogP contribution in [0.5, 0.6) is 0 Å². The van der Waals surface area contributed by atoms with E-state index in [0.29, 0.717) is 0 Å². The molecule has 0 saturated carbocycles. The van der Waals surface area contributed by atoms with Crippen molar-refractivity contribution >= 4 is 27.1 Å². The maximum absolute atomic E-state index is 9.00. The first-order chi connectivity index (χ1) is 10.1. The van der Waals surface area contributed by atoms with Gasteiger partial charge in [0.05, 0.1) is 0 Å². The van der Waals surface area contributed by atoms with Gasteiger partial charge in [-0.1, -0.05) is 0 Å². The van der Waals surface area contributed by atoms with Crippen LogP contribution in [-0.2, 0) is 4.79 Å². The minimum atomic E-state index is -0.833. The van der Waals surface area contributed by atoms with Gasteiger partial charge in [-0.25, -0.2) is 0 Å². The molecular weight excluding hydrogens is 367 g/mol. The fraction of sp³-hybridized carbons (Fsp3) is 0.944. The average Bonchev–Trinajstić information content (AvgIpc) is 2.43. The number of aliphatic carboxylic acids is 1. The van der Waals surface area contributed by atoms with E-state index < -0.39 is 5.97 Å². The van der Waals surface area contributed by atoms with Crippen molar-refractivity contribution in [3.05, 3.63) is 0 Å². The molecule has 0 aliphatic carbocycles. The van der Waals surface area contributed by atoms with Crippen molar-refractivity contribution in [3.63, 3.8) is 0 Å². The zero-order chi connectivity index (χ0) is 16.2. The number of rotatable bonds is 14. The summed E-state index contributed by atoms with van der Waals surface area (Å²) in [5.74, 6) is -0.833. The summed E-state index contributed by atoms with van der Waals surface area (Å²) in [6.07, 6.45) is 17.8. The van der Waals surface area contributed by atoms with Crippen LogP contribution in [0.15, 0.2) is 0 Å². The van der Waals surface area contributed by atoms with Crippen molar-refractivity contribution < 1.29 is 9.90 Å². The van der Waals surface area contributed by atoms with Gasteiger partial charge in [-0.15, -0.1) is 0 Å². The molecule has 2 nitrogen and oxygen atoms in total. The molecule has 126 valence electrons. The Morgan fingerprint density at radius 1 is 0.714 bits per heavy atom. The number of carbonyl (C=O) groups is 1. The molecule has 0 aromatic heterocycles. The van der Waals surface area contributed by atoms with E-state index in [2.05, 4.69) is 13.8 Å². The van der Waals surface area contributed by atoms with Gasteiger partial charge >= 0.3 is 121 Å². The molecule has 0 unspecified atom stereocenters. The quantitative estimate of drug-likeness (QED) is 0.271. The molecule has 2 radical (unpaired) electrons. The first-order valence-electron chi connectivity index (χ1n) is 9.05. The van der Waals surface area contributed by atoms with E-state index in [1.165, 1.54) is 64.2 Å². The molecule has 0 aromatic carbocycles. The normalized spacial score (nSPS) is 10.0. The van der Waals surface area contributed by atoms with Gasteiger partial charge < -0.3 is 5.11 Å². The van der Waals surface area contributed by atoms with Gasteiger partial charge in [0.2, 0.25) is 0 Å². The molecular formula is C18H38O2Sn. The van der Waals surface area contributed by atoms with Crippen LogP contribution >= 0.6 is 0 Å². The summed E-state index contributed by atoms with van der Waals surface area (Å²) in [5.41, 5.74) is 0. The van der Waals surface area contributed by atoms with Gasteiger partial charge in [0.15, 0.2) is 0 Å². The van der Waals surface area contributed by atoms with Crippen molar-refractivity contribution in [1.82, 2.24) is 0 Å². The van der Waals surface area contributed by atoms with Gasteiger partial charge in [0.1, 0.15) is 0 Å². The number of hydrogen-bond acceptors (Lipinski definition) is 1. The van der Waals surface area contributed by atoms with E-state index in [0.717, 1.165) is 6.92 Å². The molecule has 0 aromatic rings. The van der Waals surface area contributed by atoms with Crippen LogP contribution < -0.4 is 0 Å². The Bertz CT molecular complexity index is 178. The van der Waals surface area contributed by atoms with Crippen LogP contribution in [0.3, 0.4) is 0 Å². The third-order valence-electron chi connectivity index (χ3n) is 3.41. The molecule has 0 saturated heterocycles. The molecule has 3 heteroatoms. The van der Waals surface area contributed by atoms with Crippen molar-refractivity contribution in [2.75, 3.05) is 0 Å². The predicted octanol–water partition coefficient (Wildman–Crippen LogP) is 6.34. The summed E-state index contributed by atoms with van der Waals surface area (Å²) in [6, 6.07) is 0. The van der Waals surface area contributed by atoms with Gasteiger partial charge in [-0.3, -0.25) is 4.79 Å². The monoisotopic (exact) mass is 406 g/mol. The zero-order valence-corrected chi connectivity index (χ0v) is 17.6. The third-order valence-corrected chi connectivity index (χ3v) is 7.45. The zero-order valence-electron chi connectivity index (χ0n) is 14.8. The first kappa shape index (κ1) is 23.5. The van der Waals surface area contributed by atoms with Crippen molar-refractivity contribution in [3.8, 4) is 0 Å². The standard InChI is InChI=1S/2C8H17.C2H4O2.Sn/c2*1-3-5-7-8-6-4-2;1-2(3)4;/h2*1,3-8H2,2H3;1H3,(H,3,4);. The maximum atomic E-state index is 9.00. The summed E-state index contributed by atoms with van der Waals surface area (Å²) in [4.78, 5) is 9.00. The predicted molar refractivity (Wildman–Crippen MR) is 95.4 cm³/mol. The third kappa shape index (κ3) is 33.2. The van der Waals surface area contributed by atoms with E-state index >= 15 is 0 Å². The van der Waals surface area contributed by atoms with E-state index in [1.54, 1.807) is 21.7 Å². The Hall–Kier alpha value is 0.269. The van der Waals surface area contributed by atoms with Gasteiger partial charge in [0.25, 0.3) is 5.97 Å². The topological polar surface area (TPSA) is 37.3 Å². The molecule has 0 heterocycles. The van der Waals surface area contributed by atoms with E-state index in [9.17, 15) is 0 Å². The van der Waals surface area contributed by atoms with Gasteiger partial charge in [0, 0.05) is 6.92 Å². The Balaban J connectivity index is 0. The minimum absolute atomic E-state index is 0.0736. The number of carboxylic acids is 1. The molecule has 0 aliphatic rings. The Morgan fingerprint density at radius 3 is 1.33 bits per heavy atom. The Kier molecular flexibility index (Phi) is 25.3. The van der Waals surface area contributed by atoms with Crippen molar-refractivity contribution in [2.45, 2.75) is 107 Å². The van der Waals surface area contributed by atoms with E-state index in [-0.39, 0.29) is 21.1 Å². The van der Waals surface area contributed by atoms with E-state index in [1.807, 2.05) is 0 Å². The first-order valence-corrected chi connectivity index (χ1v) is 13.1. The fourth-order valence-corrected chi connectivity index (χ4v) is 5.75. The second kappa shape index (κ2) is 22.5. The summed E-state index contributed by atoms with van der Waals surface area (Å²) >= 11 is 0.0736. The van der Waals surface area contributed by atoms with Gasteiger partial charge in [-0.2, -0.15) is 0 Å². The SMILES string of the molecule is CC(=O)O.CCCCCCC[CH2][Sn][CH2]CCCCCCC. The number of unbranched alkanes of at least 4 members (excludes halogenated alkanes) is 10. The Labute approximate surface area is 143 Å². The van der Waals surface area contributed by atoms with Crippen molar-refractivity contribution in [1.29, 1.82) is 0 Å². The Morgan fingerprint density at radius 2 is 1.00 bits per heavy atom. The van der Waals surface area contributed by atoms with Crippen LogP contribution in [-0.4, -0.2) is 32.2 Å². The second-order valence-corrected chi connectivity index (χ2v) is 10.1. The summed E-state index contributed by atoms with van der Waals surface area (Å²) in [7, 11) is 0. The van der Waals surface area contributed by atoms with Crippen LogP contribution in [0.4, 0.5) is 0 Å². The summed E-state index contributed by atoms with van der Waals surface area (Å²) < 4.78 is 3.31.